The predicted octanol–water partition coefficient (Wildman–Crippen LogP) is 3.42. The summed E-state index contributed by atoms with van der Waals surface area (Å²) in [4.78, 5) is 0. The van der Waals surface area contributed by atoms with Crippen molar-refractivity contribution in [1.29, 1.82) is 0 Å². The van der Waals surface area contributed by atoms with Gasteiger partial charge >= 0.3 is 0 Å². The fourth-order valence-corrected chi connectivity index (χ4v) is 7.27. The van der Waals surface area contributed by atoms with E-state index >= 15 is 0 Å². The maximum atomic E-state index is 5.66. The van der Waals surface area contributed by atoms with Crippen molar-refractivity contribution in [2.75, 3.05) is 0 Å². The highest BCUT2D eigenvalue weighted by Gasteiger charge is 2.38. The minimum atomic E-state index is -1.17. The molecule has 64 valence electrons. The first-order valence-corrected chi connectivity index (χ1v) is 8.63. The van der Waals surface area contributed by atoms with Crippen LogP contribution in [-0.4, -0.2) is 11.3 Å². The Labute approximate surface area is 79.3 Å². The largest absolute Gasteiger partial charge is 0.140 e. The van der Waals surface area contributed by atoms with Gasteiger partial charge in [0.2, 0.25) is 0 Å². The molecule has 11 heavy (non-hydrogen) atoms. The summed E-state index contributed by atoms with van der Waals surface area (Å²) in [6.45, 7) is 0. The standard InChI is InChI=1S/C8H15PS2/c10-9(11,7-3-1-4-7)8-5-2-6-8/h7-8H,1-6H2,(H,10,11). The minimum absolute atomic E-state index is 0.867. The molecule has 0 atom stereocenters. The summed E-state index contributed by atoms with van der Waals surface area (Å²) in [7, 11) is 0. The Morgan fingerprint density at radius 3 is 1.55 bits per heavy atom. The van der Waals surface area contributed by atoms with Gasteiger partial charge in [-0.25, -0.2) is 0 Å². The summed E-state index contributed by atoms with van der Waals surface area (Å²) in [6, 6.07) is 0. The second-order valence-electron chi connectivity index (χ2n) is 3.84. The van der Waals surface area contributed by atoms with Crippen molar-refractivity contribution in [3.63, 3.8) is 0 Å². The molecule has 2 saturated carbocycles. The Morgan fingerprint density at radius 2 is 1.36 bits per heavy atom. The van der Waals surface area contributed by atoms with E-state index in [1.54, 1.807) is 0 Å². The first-order chi connectivity index (χ1) is 5.21. The molecule has 2 rings (SSSR count). The smallest absolute Gasteiger partial charge is 0.00931 e. The molecule has 0 spiro atoms. The zero-order valence-electron chi connectivity index (χ0n) is 6.70. The van der Waals surface area contributed by atoms with Gasteiger partial charge in [-0.05, 0) is 37.0 Å². The monoisotopic (exact) mass is 206 g/mol. The third-order valence-corrected chi connectivity index (χ3v) is 10.1. The number of hydrogen-bond acceptors (Lipinski definition) is 1. The van der Waals surface area contributed by atoms with E-state index < -0.39 is 5.24 Å². The van der Waals surface area contributed by atoms with Crippen LogP contribution in [-0.2, 0) is 11.8 Å². The van der Waals surface area contributed by atoms with Gasteiger partial charge in [0.05, 0.1) is 0 Å². The molecule has 0 unspecified atom stereocenters. The van der Waals surface area contributed by atoms with E-state index in [-0.39, 0.29) is 0 Å². The molecule has 2 aliphatic carbocycles. The van der Waals surface area contributed by atoms with Gasteiger partial charge in [0.15, 0.2) is 0 Å². The van der Waals surface area contributed by atoms with Gasteiger partial charge in [-0.15, -0.1) is 12.2 Å². The predicted molar refractivity (Wildman–Crippen MR) is 58.5 cm³/mol. The van der Waals surface area contributed by atoms with Crippen LogP contribution in [0, 0.1) is 0 Å². The van der Waals surface area contributed by atoms with Crippen LogP contribution in [0.15, 0.2) is 0 Å². The average Bonchev–Trinajstić information content (AvgIpc) is 1.46. The van der Waals surface area contributed by atoms with Crippen molar-refractivity contribution in [1.82, 2.24) is 0 Å². The molecule has 3 heteroatoms. The van der Waals surface area contributed by atoms with Crippen molar-refractivity contribution in [3.8, 4) is 0 Å². The van der Waals surface area contributed by atoms with Gasteiger partial charge < -0.3 is 0 Å². The lowest BCUT2D eigenvalue weighted by Crippen LogP contribution is -2.26. The quantitative estimate of drug-likeness (QED) is 0.533. The summed E-state index contributed by atoms with van der Waals surface area (Å²) in [5.74, 6) is 0. The lowest BCUT2D eigenvalue weighted by molar-refractivity contribution is 0.480. The number of hydrogen-bond donors (Lipinski definition) is 1. The summed E-state index contributed by atoms with van der Waals surface area (Å²) >= 11 is 10.4. The van der Waals surface area contributed by atoms with Crippen molar-refractivity contribution < 1.29 is 0 Å². The lowest BCUT2D eigenvalue weighted by atomic mass is 9.99. The Hall–Kier alpha value is 1.00. The van der Waals surface area contributed by atoms with Gasteiger partial charge in [-0.3, -0.25) is 0 Å². The van der Waals surface area contributed by atoms with Gasteiger partial charge in [0.25, 0.3) is 0 Å². The molecule has 0 heterocycles. The van der Waals surface area contributed by atoms with E-state index in [0.717, 1.165) is 11.3 Å². The van der Waals surface area contributed by atoms with Crippen molar-refractivity contribution >= 4 is 29.3 Å². The maximum Gasteiger partial charge on any atom is 0.00931 e. The molecule has 0 nitrogen and oxygen atoms in total. The van der Waals surface area contributed by atoms with Gasteiger partial charge in [-0.1, -0.05) is 24.6 Å². The van der Waals surface area contributed by atoms with Gasteiger partial charge in [0, 0.05) is 5.24 Å². The summed E-state index contributed by atoms with van der Waals surface area (Å²) in [6.07, 6.45) is 8.37. The normalized spacial score (nSPS) is 27.7. The summed E-state index contributed by atoms with van der Waals surface area (Å²) in [5.41, 5.74) is 1.73. The van der Waals surface area contributed by atoms with Crippen LogP contribution in [0.5, 0.6) is 0 Å². The second-order valence-corrected chi connectivity index (χ2v) is 11.3. The fraction of sp³-hybridized carbons (Fsp3) is 1.00. The third-order valence-electron chi connectivity index (χ3n) is 3.20. The highest BCUT2D eigenvalue weighted by molar-refractivity contribution is 8.63. The minimum Gasteiger partial charge on any atom is -0.140 e. The van der Waals surface area contributed by atoms with E-state index in [9.17, 15) is 0 Å². The molecule has 0 saturated heterocycles. The van der Waals surface area contributed by atoms with Crippen molar-refractivity contribution in [3.05, 3.63) is 0 Å². The molecule has 0 bridgehead atoms. The molecule has 0 aliphatic heterocycles. The maximum absolute atomic E-state index is 5.66. The number of thiol groups is 1. The SMILES string of the molecule is S=P(S)(C1CCC1)C1CCC1. The molecular formula is C8H15PS2. The highest BCUT2D eigenvalue weighted by Crippen LogP contribution is 2.69. The van der Waals surface area contributed by atoms with Crippen molar-refractivity contribution in [2.45, 2.75) is 49.8 Å². The molecule has 2 fully saturated rings. The second kappa shape index (κ2) is 3.05. The van der Waals surface area contributed by atoms with Crippen LogP contribution < -0.4 is 0 Å². The van der Waals surface area contributed by atoms with E-state index in [4.69, 9.17) is 24.1 Å². The summed E-state index contributed by atoms with van der Waals surface area (Å²) < 4.78 is 0. The first kappa shape index (κ1) is 8.59. The zero-order chi connectivity index (χ0) is 7.90. The van der Waals surface area contributed by atoms with Crippen LogP contribution >= 0.6 is 17.5 Å². The van der Waals surface area contributed by atoms with Crippen LogP contribution in [0.4, 0.5) is 0 Å². The Morgan fingerprint density at radius 1 is 1.00 bits per heavy atom. The Kier molecular flexibility index (Phi) is 2.38. The van der Waals surface area contributed by atoms with E-state index in [1.165, 1.54) is 38.5 Å². The number of rotatable bonds is 2. The zero-order valence-corrected chi connectivity index (χ0v) is 9.31. The van der Waals surface area contributed by atoms with Crippen LogP contribution in [0.2, 0.25) is 0 Å². The van der Waals surface area contributed by atoms with Gasteiger partial charge in [0.1, 0.15) is 0 Å². The lowest BCUT2D eigenvalue weighted by Gasteiger charge is -2.42. The molecule has 0 N–H and O–H groups in total. The average molecular weight is 206 g/mol. The highest BCUT2D eigenvalue weighted by atomic mass is 32.9. The molecule has 0 radical (unpaired) electrons. The van der Waals surface area contributed by atoms with Crippen LogP contribution in [0.25, 0.3) is 0 Å². The molecule has 0 aromatic rings. The van der Waals surface area contributed by atoms with E-state index in [0.29, 0.717) is 0 Å². The fourth-order valence-electron chi connectivity index (χ4n) is 1.81. The molecule has 0 amide bonds. The molecule has 0 aromatic heterocycles. The summed E-state index contributed by atoms with van der Waals surface area (Å²) in [5, 5.41) is -1.17. The topological polar surface area (TPSA) is 0 Å². The van der Waals surface area contributed by atoms with Crippen LogP contribution in [0.3, 0.4) is 0 Å². The molecular weight excluding hydrogens is 191 g/mol. The van der Waals surface area contributed by atoms with Crippen LogP contribution in [0.1, 0.15) is 38.5 Å². The third kappa shape index (κ3) is 1.43. The van der Waals surface area contributed by atoms with Crippen molar-refractivity contribution in [2.24, 2.45) is 0 Å². The Balaban J connectivity index is 2.01. The molecule has 2 aliphatic rings. The van der Waals surface area contributed by atoms with E-state index in [1.807, 2.05) is 0 Å². The Bertz CT molecular complexity index is 176. The first-order valence-electron chi connectivity index (χ1n) is 4.53. The molecule has 0 aromatic carbocycles. The van der Waals surface area contributed by atoms with E-state index in [2.05, 4.69) is 0 Å². The van der Waals surface area contributed by atoms with Gasteiger partial charge in [-0.2, -0.15) is 0 Å².